The molecule has 216 valence electrons. The lowest BCUT2D eigenvalue weighted by atomic mass is 10.00. The Bertz CT molecular complexity index is 1010. The van der Waals surface area contributed by atoms with Crippen molar-refractivity contribution in [1.82, 2.24) is 4.90 Å². The third-order valence-corrected chi connectivity index (χ3v) is 7.39. The molecule has 4 rings (SSSR count). The zero-order chi connectivity index (χ0) is 27.8. The number of carbonyl (C=O) groups is 3. The summed E-state index contributed by atoms with van der Waals surface area (Å²) in [6.07, 6.45) is 4.71. The van der Waals surface area contributed by atoms with Gasteiger partial charge in [-0.3, -0.25) is 9.59 Å². The van der Waals surface area contributed by atoms with Gasteiger partial charge >= 0.3 is 12.1 Å². The molecule has 0 spiro atoms. The van der Waals surface area contributed by atoms with E-state index in [-0.39, 0.29) is 23.1 Å². The predicted octanol–water partition coefficient (Wildman–Crippen LogP) is 4.56. The molecule has 0 aromatic heterocycles. The number of nitrogens with zero attached hydrogens (tertiary/aromatic N) is 2. The molecule has 0 saturated carbocycles. The summed E-state index contributed by atoms with van der Waals surface area (Å²) in [6.45, 7) is 3.57. The van der Waals surface area contributed by atoms with E-state index in [0.717, 1.165) is 37.0 Å². The molecule has 2 fully saturated rings. The van der Waals surface area contributed by atoms with Gasteiger partial charge in [0.05, 0.1) is 37.6 Å². The number of unbranched alkanes of at least 4 members (excludes halogenated alkanes) is 2. The summed E-state index contributed by atoms with van der Waals surface area (Å²) in [7, 11) is 1.49. The average Bonchev–Trinajstić information content (AvgIpc) is 3.03. The molecule has 0 aliphatic carbocycles. The van der Waals surface area contributed by atoms with Crippen LogP contribution in [0.5, 0.6) is 11.5 Å². The number of esters is 1. The van der Waals surface area contributed by atoms with E-state index in [9.17, 15) is 19.5 Å². The highest BCUT2D eigenvalue weighted by atomic mass is 16.7. The van der Waals surface area contributed by atoms with Crippen molar-refractivity contribution in [2.24, 2.45) is 0 Å². The lowest BCUT2D eigenvalue weighted by Gasteiger charge is -2.42. The molecule has 2 unspecified atom stereocenters. The summed E-state index contributed by atoms with van der Waals surface area (Å²) < 4.78 is 28.6. The average molecular weight is 549 g/mol. The van der Waals surface area contributed by atoms with Crippen LogP contribution < -0.4 is 14.4 Å². The first-order valence-corrected chi connectivity index (χ1v) is 14.0. The van der Waals surface area contributed by atoms with Crippen molar-refractivity contribution in [3.63, 3.8) is 0 Å². The topological polar surface area (TPSA) is 124 Å². The lowest BCUT2D eigenvalue weighted by Crippen LogP contribution is -2.57. The first-order chi connectivity index (χ1) is 18.9. The number of anilines is 1. The Morgan fingerprint density at radius 1 is 1.08 bits per heavy atom. The second-order valence-corrected chi connectivity index (χ2v) is 10.0. The summed E-state index contributed by atoms with van der Waals surface area (Å²) in [4.78, 5) is 41.0. The van der Waals surface area contributed by atoms with Crippen molar-refractivity contribution in [3.8, 4) is 11.5 Å². The Hall–Kier alpha value is -3.05. The number of hydrogen-bond acceptors (Lipinski definition) is 8. The quantitative estimate of drug-likeness (QED) is 0.313. The largest absolute Gasteiger partial charge is 0.493 e. The number of methoxy groups -OCH3 is 1. The number of ether oxygens (including phenoxy) is 5. The third kappa shape index (κ3) is 6.94. The summed E-state index contributed by atoms with van der Waals surface area (Å²) in [5, 5.41) is 10.4. The number of benzene rings is 1. The summed E-state index contributed by atoms with van der Waals surface area (Å²) in [6, 6.07) is 2.69. The Labute approximate surface area is 229 Å². The Balaban J connectivity index is 1.59. The van der Waals surface area contributed by atoms with E-state index < -0.39 is 24.7 Å². The minimum atomic E-state index is -1.22. The van der Waals surface area contributed by atoms with Gasteiger partial charge in [0.2, 0.25) is 0 Å². The minimum Gasteiger partial charge on any atom is -0.493 e. The molecule has 3 aliphatic rings. The van der Waals surface area contributed by atoms with E-state index in [1.54, 1.807) is 24.0 Å². The first kappa shape index (κ1) is 28.9. The monoisotopic (exact) mass is 548 g/mol. The molecule has 39 heavy (non-hydrogen) atoms. The second-order valence-electron chi connectivity index (χ2n) is 10.0. The Morgan fingerprint density at radius 2 is 1.90 bits per heavy atom. The number of rotatable bonds is 11. The standard InChI is InChI=1S/C28H40N2O9/c1-3-36-24(31)12-5-4-9-15-37-23-18-21-19(17-22(23)35-2)26(32)29-14-8-6-11-20(29)27(30(21)28(33)34)39-25-13-7-10-16-38-25/h17-18,20,25,27H,3-16H2,1-2H3,(H,33,34)/t20-,25?,27?/m0/s1. The molecule has 1 aromatic rings. The van der Waals surface area contributed by atoms with Crippen LogP contribution >= 0.6 is 0 Å². The fraction of sp³-hybridized carbons (Fsp3) is 0.679. The normalized spacial score (nSPS) is 22.9. The second kappa shape index (κ2) is 13.8. The van der Waals surface area contributed by atoms with Crippen LogP contribution in [0.3, 0.4) is 0 Å². The number of carboxylic acid groups (broad SMARTS) is 1. The molecule has 3 heterocycles. The van der Waals surface area contributed by atoms with E-state index in [4.69, 9.17) is 23.7 Å². The van der Waals surface area contributed by atoms with Gasteiger partial charge in [-0.25, -0.2) is 9.69 Å². The van der Waals surface area contributed by atoms with Crippen LogP contribution in [0.4, 0.5) is 10.5 Å². The van der Waals surface area contributed by atoms with Crippen LogP contribution in [0.15, 0.2) is 12.1 Å². The van der Waals surface area contributed by atoms with Gasteiger partial charge in [-0.2, -0.15) is 0 Å². The number of hydrogen-bond donors (Lipinski definition) is 1. The fourth-order valence-electron chi connectivity index (χ4n) is 5.46. The minimum absolute atomic E-state index is 0.209. The van der Waals surface area contributed by atoms with Gasteiger partial charge < -0.3 is 33.7 Å². The van der Waals surface area contributed by atoms with Crippen LogP contribution in [0.2, 0.25) is 0 Å². The molecular weight excluding hydrogens is 508 g/mol. The zero-order valence-electron chi connectivity index (χ0n) is 22.9. The molecule has 1 aromatic carbocycles. The Kier molecular flexibility index (Phi) is 10.3. The molecule has 2 saturated heterocycles. The van der Waals surface area contributed by atoms with Crippen LogP contribution in [-0.4, -0.2) is 80.0 Å². The summed E-state index contributed by atoms with van der Waals surface area (Å²) in [5.74, 6) is 0.229. The van der Waals surface area contributed by atoms with Crippen molar-refractivity contribution in [1.29, 1.82) is 0 Å². The molecule has 0 bridgehead atoms. The number of carbonyl (C=O) groups excluding carboxylic acids is 2. The molecule has 2 amide bonds. The van der Waals surface area contributed by atoms with Crippen LogP contribution in [0.1, 0.15) is 81.5 Å². The molecule has 0 radical (unpaired) electrons. The van der Waals surface area contributed by atoms with Gasteiger partial charge in [0.15, 0.2) is 24.0 Å². The van der Waals surface area contributed by atoms with Crippen molar-refractivity contribution in [2.45, 2.75) is 89.7 Å². The molecule has 1 N–H and O–H groups in total. The molecule has 3 atom stereocenters. The molecule has 11 heteroatoms. The number of fused-ring (bicyclic) bond motifs is 2. The Morgan fingerprint density at radius 3 is 2.62 bits per heavy atom. The van der Waals surface area contributed by atoms with Gasteiger partial charge in [-0.1, -0.05) is 0 Å². The van der Waals surface area contributed by atoms with Crippen LogP contribution in [0, 0.1) is 0 Å². The zero-order valence-corrected chi connectivity index (χ0v) is 22.9. The van der Waals surface area contributed by atoms with Gasteiger partial charge in [-0.05, 0) is 70.8 Å². The highest BCUT2D eigenvalue weighted by molar-refractivity contribution is 6.05. The number of piperidine rings is 1. The van der Waals surface area contributed by atoms with Gasteiger partial charge in [0, 0.05) is 25.6 Å². The molecule has 11 nitrogen and oxygen atoms in total. The van der Waals surface area contributed by atoms with Crippen LogP contribution in [0.25, 0.3) is 0 Å². The maximum atomic E-state index is 13.8. The van der Waals surface area contributed by atoms with E-state index in [1.165, 1.54) is 7.11 Å². The van der Waals surface area contributed by atoms with Crippen molar-refractivity contribution in [3.05, 3.63) is 17.7 Å². The summed E-state index contributed by atoms with van der Waals surface area (Å²) in [5.41, 5.74) is 0.444. The van der Waals surface area contributed by atoms with Gasteiger partial charge in [0.1, 0.15) is 0 Å². The smallest absolute Gasteiger partial charge is 0.414 e. The van der Waals surface area contributed by atoms with Crippen molar-refractivity contribution < 1.29 is 43.2 Å². The van der Waals surface area contributed by atoms with E-state index >= 15 is 0 Å². The molecule has 3 aliphatic heterocycles. The van der Waals surface area contributed by atoms with E-state index in [0.29, 0.717) is 70.0 Å². The van der Waals surface area contributed by atoms with Crippen molar-refractivity contribution >= 4 is 23.7 Å². The highest BCUT2D eigenvalue weighted by Crippen LogP contribution is 2.42. The van der Waals surface area contributed by atoms with Gasteiger partial charge in [0.25, 0.3) is 5.91 Å². The van der Waals surface area contributed by atoms with E-state index in [2.05, 4.69) is 0 Å². The predicted molar refractivity (Wildman–Crippen MR) is 141 cm³/mol. The lowest BCUT2D eigenvalue weighted by molar-refractivity contribution is -0.198. The number of amides is 2. The first-order valence-electron chi connectivity index (χ1n) is 14.0. The SMILES string of the molecule is CCOC(=O)CCCCCOc1cc2c(cc1OC)C(=O)N1CCCC[C@H]1C(OC1CCCCO1)N2C(=O)O. The maximum Gasteiger partial charge on any atom is 0.414 e. The fourth-order valence-corrected chi connectivity index (χ4v) is 5.46. The molecular formula is C28H40N2O9. The highest BCUT2D eigenvalue weighted by Gasteiger charge is 2.46. The van der Waals surface area contributed by atoms with E-state index in [1.807, 2.05) is 0 Å². The third-order valence-electron chi connectivity index (χ3n) is 7.39. The maximum absolute atomic E-state index is 13.8. The van der Waals surface area contributed by atoms with Crippen molar-refractivity contribution in [2.75, 3.05) is 38.4 Å². The van der Waals surface area contributed by atoms with Crippen LogP contribution in [-0.2, 0) is 19.0 Å². The summed E-state index contributed by atoms with van der Waals surface area (Å²) >= 11 is 0. The van der Waals surface area contributed by atoms with Gasteiger partial charge in [-0.15, -0.1) is 0 Å².